The average Bonchev–Trinajstić information content (AvgIpc) is 3.33. The van der Waals surface area contributed by atoms with Crippen LogP contribution < -0.4 is 16.0 Å². The van der Waals surface area contributed by atoms with E-state index >= 15 is 0 Å². The van der Waals surface area contributed by atoms with Gasteiger partial charge in [0.25, 0.3) is 0 Å². The van der Waals surface area contributed by atoms with Gasteiger partial charge in [-0.25, -0.2) is 4.79 Å². The zero-order valence-electron chi connectivity index (χ0n) is 19.1. The third kappa shape index (κ3) is 12.4. The molecule has 0 saturated carbocycles. The van der Waals surface area contributed by atoms with Crippen LogP contribution in [0.15, 0.2) is 0 Å². The predicted octanol–water partition coefficient (Wildman–Crippen LogP) is 0.370. The molecule has 2 fully saturated rings. The van der Waals surface area contributed by atoms with Crippen LogP contribution >= 0.6 is 11.8 Å². The predicted molar refractivity (Wildman–Crippen MR) is 122 cm³/mol. The average molecular weight is 492 g/mol. The monoisotopic (exact) mass is 491 g/mol. The fourth-order valence-corrected chi connectivity index (χ4v) is 5.09. The van der Waals surface area contributed by atoms with Gasteiger partial charge in [-0.1, -0.05) is 6.42 Å². The Morgan fingerprint density at radius 1 is 0.909 bits per heavy atom. The molecule has 0 aromatic rings. The fourth-order valence-electron chi connectivity index (χ4n) is 3.55. The van der Waals surface area contributed by atoms with Gasteiger partial charge in [-0.05, 0) is 12.8 Å². The number of fused-ring (bicyclic) bond motifs is 1. The fraction of sp³-hybridized carbons (Fsp3) is 0.857. The molecular weight excluding hydrogens is 454 g/mol. The van der Waals surface area contributed by atoms with E-state index in [1.807, 2.05) is 11.8 Å². The first-order valence-electron chi connectivity index (χ1n) is 11.5. The van der Waals surface area contributed by atoms with Crippen molar-refractivity contribution >= 4 is 29.7 Å². The van der Waals surface area contributed by atoms with Crippen LogP contribution in [-0.2, 0) is 28.5 Å². The summed E-state index contributed by atoms with van der Waals surface area (Å²) in [7, 11) is 0. The molecule has 11 nitrogen and oxygen atoms in total. The summed E-state index contributed by atoms with van der Waals surface area (Å²) in [6.45, 7) is 3.63. The van der Waals surface area contributed by atoms with Gasteiger partial charge in [0.15, 0.2) is 0 Å². The van der Waals surface area contributed by atoms with Gasteiger partial charge in [0, 0.05) is 24.0 Å². The summed E-state index contributed by atoms with van der Waals surface area (Å²) in [5, 5.41) is 17.7. The molecule has 190 valence electrons. The largest absolute Gasteiger partial charge is 0.481 e. The molecule has 0 aromatic heterocycles. The lowest BCUT2D eigenvalue weighted by Crippen LogP contribution is -2.36. The van der Waals surface area contributed by atoms with Crippen molar-refractivity contribution in [2.45, 2.75) is 49.4 Å². The molecule has 0 spiro atoms. The minimum Gasteiger partial charge on any atom is -0.481 e. The van der Waals surface area contributed by atoms with E-state index in [1.54, 1.807) is 0 Å². The molecule has 4 N–H and O–H groups in total. The number of nitrogens with one attached hydrogen (secondary N) is 3. The van der Waals surface area contributed by atoms with Gasteiger partial charge in [-0.2, -0.15) is 11.8 Å². The number of ether oxygens (including phenoxy) is 4. The van der Waals surface area contributed by atoms with Crippen LogP contribution in [0.1, 0.15) is 32.1 Å². The van der Waals surface area contributed by atoms with Crippen LogP contribution in [0, 0.1) is 0 Å². The Labute approximate surface area is 199 Å². The molecule has 2 rings (SSSR count). The highest BCUT2D eigenvalue weighted by Crippen LogP contribution is 2.33. The molecular formula is C21H37N3O8S. The summed E-state index contributed by atoms with van der Waals surface area (Å²) >= 11 is 1.90. The number of hydrogen-bond acceptors (Lipinski definition) is 8. The second kappa shape index (κ2) is 16.9. The number of carbonyl (C=O) groups is 3. The lowest BCUT2D eigenvalue weighted by Gasteiger charge is -2.16. The molecule has 0 radical (unpaired) electrons. The van der Waals surface area contributed by atoms with Gasteiger partial charge < -0.3 is 40.0 Å². The van der Waals surface area contributed by atoms with E-state index < -0.39 is 5.97 Å². The highest BCUT2D eigenvalue weighted by molar-refractivity contribution is 8.00. The van der Waals surface area contributed by atoms with Crippen LogP contribution in [-0.4, -0.2) is 106 Å². The van der Waals surface area contributed by atoms with Crippen molar-refractivity contribution in [2.75, 3.05) is 65.2 Å². The Morgan fingerprint density at radius 2 is 1.55 bits per heavy atom. The van der Waals surface area contributed by atoms with Crippen molar-refractivity contribution in [1.82, 2.24) is 16.0 Å². The Hall–Kier alpha value is -1.60. The number of aliphatic carboxylic acids is 1. The van der Waals surface area contributed by atoms with Gasteiger partial charge in [-0.3, -0.25) is 9.59 Å². The molecule has 2 heterocycles. The third-order valence-corrected chi connectivity index (χ3v) is 6.73. The molecule has 12 heteroatoms. The van der Waals surface area contributed by atoms with Crippen molar-refractivity contribution in [2.24, 2.45) is 0 Å². The zero-order chi connectivity index (χ0) is 23.7. The minimum atomic E-state index is -0.878. The molecule has 33 heavy (non-hydrogen) atoms. The van der Waals surface area contributed by atoms with E-state index in [9.17, 15) is 14.4 Å². The van der Waals surface area contributed by atoms with Gasteiger partial charge in [-0.15, -0.1) is 0 Å². The van der Waals surface area contributed by atoms with E-state index in [1.165, 1.54) is 0 Å². The maximum atomic E-state index is 11.9. The lowest BCUT2D eigenvalue weighted by molar-refractivity contribution is -0.138. The van der Waals surface area contributed by atoms with Crippen molar-refractivity contribution in [1.29, 1.82) is 0 Å². The number of rotatable bonds is 20. The molecule has 2 aliphatic heterocycles. The van der Waals surface area contributed by atoms with Crippen molar-refractivity contribution in [3.8, 4) is 0 Å². The molecule has 2 aliphatic rings. The lowest BCUT2D eigenvalue weighted by atomic mass is 10.0. The first-order valence-corrected chi connectivity index (χ1v) is 12.6. The highest BCUT2D eigenvalue weighted by atomic mass is 32.2. The Kier molecular flexibility index (Phi) is 14.2. The Morgan fingerprint density at radius 3 is 2.21 bits per heavy atom. The normalized spacial score (nSPS) is 21.5. The molecule has 0 bridgehead atoms. The summed E-state index contributed by atoms with van der Waals surface area (Å²) in [6, 6.07) is 0.408. The van der Waals surface area contributed by atoms with E-state index in [0.29, 0.717) is 64.5 Å². The van der Waals surface area contributed by atoms with Crippen LogP contribution in [0.4, 0.5) is 4.79 Å². The number of thioether (sulfide) groups is 1. The summed E-state index contributed by atoms with van der Waals surface area (Å²) < 4.78 is 21.2. The van der Waals surface area contributed by atoms with Gasteiger partial charge in [0.2, 0.25) is 5.91 Å². The first-order chi connectivity index (χ1) is 16.1. The van der Waals surface area contributed by atoms with Gasteiger partial charge >= 0.3 is 12.0 Å². The van der Waals surface area contributed by atoms with Crippen LogP contribution in [0.2, 0.25) is 0 Å². The number of carbonyl (C=O) groups excluding carboxylic acids is 2. The second-order valence-corrected chi connectivity index (χ2v) is 9.08. The number of unbranched alkanes of at least 4 members (excludes halogenated alkanes) is 1. The summed E-state index contributed by atoms with van der Waals surface area (Å²) in [5.41, 5.74) is 0. The van der Waals surface area contributed by atoms with E-state index in [-0.39, 0.29) is 37.0 Å². The maximum absolute atomic E-state index is 11.9. The molecule has 1 unspecified atom stereocenters. The van der Waals surface area contributed by atoms with Gasteiger partial charge in [0.1, 0.15) is 0 Å². The maximum Gasteiger partial charge on any atom is 0.315 e. The minimum absolute atomic E-state index is 0.00563. The number of amides is 3. The second-order valence-electron chi connectivity index (χ2n) is 7.81. The van der Waals surface area contributed by atoms with Crippen LogP contribution in [0.3, 0.4) is 0 Å². The quantitative estimate of drug-likeness (QED) is 0.140. The highest BCUT2D eigenvalue weighted by Gasteiger charge is 2.42. The molecule has 3 amide bonds. The van der Waals surface area contributed by atoms with E-state index in [4.69, 9.17) is 24.1 Å². The number of carboxylic acid groups (broad SMARTS) is 1. The van der Waals surface area contributed by atoms with Crippen molar-refractivity contribution in [3.05, 3.63) is 0 Å². The summed E-state index contributed by atoms with van der Waals surface area (Å²) in [6.07, 6.45) is 3.32. The van der Waals surface area contributed by atoms with Gasteiger partial charge in [0.05, 0.1) is 71.4 Å². The summed E-state index contributed by atoms with van der Waals surface area (Å²) in [5.74, 6) is 0.115. The SMILES string of the molecule is O=C(O)CCOCCOCCOCCOCCNC(=O)CCCC[C@@H]1SCC2NC(=O)N[C@@H]21. The molecule has 3 atom stereocenters. The smallest absolute Gasteiger partial charge is 0.315 e. The number of carboxylic acids is 1. The first kappa shape index (κ1) is 27.6. The van der Waals surface area contributed by atoms with Crippen LogP contribution in [0.25, 0.3) is 0 Å². The molecule has 0 aromatic carbocycles. The Bertz CT molecular complexity index is 598. The van der Waals surface area contributed by atoms with Crippen molar-refractivity contribution in [3.63, 3.8) is 0 Å². The van der Waals surface area contributed by atoms with Crippen LogP contribution in [0.5, 0.6) is 0 Å². The molecule has 2 saturated heterocycles. The van der Waals surface area contributed by atoms with E-state index in [0.717, 1.165) is 25.0 Å². The topological polar surface area (TPSA) is 144 Å². The zero-order valence-corrected chi connectivity index (χ0v) is 19.9. The number of hydrogen-bond donors (Lipinski definition) is 4. The molecule has 0 aliphatic carbocycles. The third-order valence-electron chi connectivity index (χ3n) is 5.23. The number of urea groups is 1. The summed E-state index contributed by atoms with van der Waals surface area (Å²) in [4.78, 5) is 33.6. The van der Waals surface area contributed by atoms with E-state index in [2.05, 4.69) is 16.0 Å². The Balaban J connectivity index is 1.28. The van der Waals surface area contributed by atoms with Crippen molar-refractivity contribution < 1.29 is 38.4 Å². The standard InChI is InChI=1S/C21H37N3O8S/c25-18(4-2-1-3-17-20-16(15-33-17)23-21(28)24-20)22-6-8-30-10-12-32-14-13-31-11-9-29-7-5-19(26)27/h16-17,20H,1-15H2,(H,22,25)(H,26,27)(H2,23,24,28)/t16?,17-,20-/m0/s1.